The first-order chi connectivity index (χ1) is 6.92. The summed E-state index contributed by atoms with van der Waals surface area (Å²) in [6.45, 7) is 1.12. The minimum Gasteiger partial charge on any atom is -0.320 e. The Hall–Kier alpha value is -0.890. The highest BCUT2D eigenvalue weighted by Gasteiger charge is 2.22. The van der Waals surface area contributed by atoms with Crippen LogP contribution < -0.4 is 5.32 Å². The molecule has 1 aromatic rings. The van der Waals surface area contributed by atoms with E-state index in [-0.39, 0.29) is 0 Å². The quantitative estimate of drug-likeness (QED) is 0.736. The minimum absolute atomic E-state index is 0.722. The van der Waals surface area contributed by atoms with Crippen molar-refractivity contribution in [2.24, 2.45) is 0 Å². The zero-order valence-electron chi connectivity index (χ0n) is 8.79. The molecule has 0 saturated carbocycles. The molecule has 76 valence electrons. The molecule has 1 heterocycles. The van der Waals surface area contributed by atoms with E-state index < -0.39 is 0 Å². The maximum atomic E-state index is 4.50. The normalized spacial score (nSPS) is 19.6. The summed E-state index contributed by atoms with van der Waals surface area (Å²) in [5.41, 5.74) is 2.84. The van der Waals surface area contributed by atoms with Crippen molar-refractivity contribution >= 4 is 0 Å². The van der Waals surface area contributed by atoms with Gasteiger partial charge >= 0.3 is 0 Å². The van der Waals surface area contributed by atoms with E-state index in [2.05, 4.69) is 22.4 Å². The minimum atomic E-state index is 0.722. The predicted octanol–water partition coefficient (Wildman–Crippen LogP) is 2.11. The highest BCUT2D eigenvalue weighted by Crippen LogP contribution is 2.34. The number of aromatic nitrogens is 1. The Morgan fingerprint density at radius 3 is 3.36 bits per heavy atom. The molecule has 0 saturated heterocycles. The third-order valence-electron chi connectivity index (χ3n) is 3.05. The summed E-state index contributed by atoms with van der Waals surface area (Å²) in [7, 11) is 2.01. The van der Waals surface area contributed by atoms with Crippen molar-refractivity contribution in [1.82, 2.24) is 10.3 Å². The molecule has 1 aliphatic rings. The molecule has 2 heteroatoms. The van der Waals surface area contributed by atoms with Crippen LogP contribution >= 0.6 is 0 Å². The van der Waals surface area contributed by atoms with E-state index >= 15 is 0 Å². The van der Waals surface area contributed by atoms with Gasteiger partial charge in [-0.05, 0) is 50.9 Å². The molecule has 14 heavy (non-hydrogen) atoms. The van der Waals surface area contributed by atoms with Gasteiger partial charge in [-0.1, -0.05) is 6.07 Å². The fourth-order valence-electron chi connectivity index (χ4n) is 2.30. The second-order valence-electron chi connectivity index (χ2n) is 4.03. The SMILES string of the molecule is CNCCCC1CCc2cccnc21. The average Bonchev–Trinajstić information content (AvgIpc) is 2.63. The lowest BCUT2D eigenvalue weighted by atomic mass is 10.0. The molecule has 1 unspecified atom stereocenters. The first kappa shape index (κ1) is 9.66. The van der Waals surface area contributed by atoms with Crippen molar-refractivity contribution in [3.8, 4) is 0 Å². The van der Waals surface area contributed by atoms with Crippen LogP contribution in [0, 0.1) is 0 Å². The zero-order chi connectivity index (χ0) is 9.80. The van der Waals surface area contributed by atoms with Crippen molar-refractivity contribution in [2.75, 3.05) is 13.6 Å². The second-order valence-corrected chi connectivity index (χ2v) is 4.03. The lowest BCUT2D eigenvalue weighted by Gasteiger charge is -2.09. The van der Waals surface area contributed by atoms with E-state index in [0.717, 1.165) is 12.5 Å². The van der Waals surface area contributed by atoms with Gasteiger partial charge in [0, 0.05) is 17.8 Å². The Morgan fingerprint density at radius 1 is 1.57 bits per heavy atom. The van der Waals surface area contributed by atoms with Crippen molar-refractivity contribution in [3.05, 3.63) is 29.6 Å². The number of rotatable bonds is 4. The van der Waals surface area contributed by atoms with Crippen LogP contribution in [-0.2, 0) is 6.42 Å². The van der Waals surface area contributed by atoms with Gasteiger partial charge in [0.25, 0.3) is 0 Å². The molecular formula is C12H18N2. The topological polar surface area (TPSA) is 24.9 Å². The van der Waals surface area contributed by atoms with E-state index in [0.29, 0.717) is 0 Å². The summed E-state index contributed by atoms with van der Waals surface area (Å²) in [6, 6.07) is 4.27. The average molecular weight is 190 g/mol. The molecule has 0 fully saturated rings. The first-order valence-electron chi connectivity index (χ1n) is 5.50. The molecule has 0 radical (unpaired) electrons. The third-order valence-corrected chi connectivity index (χ3v) is 3.05. The Kier molecular flexibility index (Phi) is 3.14. The van der Waals surface area contributed by atoms with Gasteiger partial charge in [-0.15, -0.1) is 0 Å². The van der Waals surface area contributed by atoms with Crippen LogP contribution in [0.25, 0.3) is 0 Å². The summed E-state index contributed by atoms with van der Waals surface area (Å²) in [5, 5.41) is 3.20. The van der Waals surface area contributed by atoms with Gasteiger partial charge in [-0.25, -0.2) is 0 Å². The van der Waals surface area contributed by atoms with Crippen molar-refractivity contribution in [1.29, 1.82) is 0 Å². The van der Waals surface area contributed by atoms with Crippen molar-refractivity contribution in [3.63, 3.8) is 0 Å². The fraction of sp³-hybridized carbons (Fsp3) is 0.583. The van der Waals surface area contributed by atoms with Crippen LogP contribution in [0.15, 0.2) is 18.3 Å². The van der Waals surface area contributed by atoms with Crippen LogP contribution in [0.2, 0.25) is 0 Å². The number of nitrogens with zero attached hydrogens (tertiary/aromatic N) is 1. The summed E-state index contributed by atoms with van der Waals surface area (Å²) < 4.78 is 0. The highest BCUT2D eigenvalue weighted by atomic mass is 14.8. The zero-order valence-corrected chi connectivity index (χ0v) is 8.79. The molecule has 1 N–H and O–H groups in total. The van der Waals surface area contributed by atoms with Gasteiger partial charge in [0.05, 0.1) is 0 Å². The van der Waals surface area contributed by atoms with E-state index in [4.69, 9.17) is 0 Å². The predicted molar refractivity (Wildman–Crippen MR) is 58.5 cm³/mol. The van der Waals surface area contributed by atoms with E-state index in [9.17, 15) is 0 Å². The number of fused-ring (bicyclic) bond motifs is 1. The van der Waals surface area contributed by atoms with E-state index in [1.807, 2.05) is 13.2 Å². The number of nitrogens with one attached hydrogen (secondary N) is 1. The molecule has 2 rings (SSSR count). The van der Waals surface area contributed by atoms with Crippen LogP contribution in [0.4, 0.5) is 0 Å². The Morgan fingerprint density at radius 2 is 2.50 bits per heavy atom. The largest absolute Gasteiger partial charge is 0.320 e. The van der Waals surface area contributed by atoms with Crippen LogP contribution in [0.5, 0.6) is 0 Å². The molecule has 0 bridgehead atoms. The summed E-state index contributed by atoms with van der Waals surface area (Å²) in [4.78, 5) is 4.50. The van der Waals surface area contributed by atoms with Gasteiger partial charge < -0.3 is 5.32 Å². The summed E-state index contributed by atoms with van der Waals surface area (Å²) in [6.07, 6.45) is 7.00. The Balaban J connectivity index is 1.96. The number of aryl methyl sites for hydroxylation is 1. The van der Waals surface area contributed by atoms with Crippen molar-refractivity contribution < 1.29 is 0 Å². The Bertz CT molecular complexity index is 296. The molecule has 0 aliphatic heterocycles. The van der Waals surface area contributed by atoms with Gasteiger partial charge in [0.2, 0.25) is 0 Å². The number of hydrogen-bond donors (Lipinski definition) is 1. The molecular weight excluding hydrogens is 172 g/mol. The van der Waals surface area contributed by atoms with Gasteiger partial charge in [0.15, 0.2) is 0 Å². The maximum Gasteiger partial charge on any atom is 0.0466 e. The standard InChI is InChI=1S/C12H18N2/c1-13-8-2-4-10-6-7-11-5-3-9-14-12(10)11/h3,5,9-10,13H,2,4,6-8H2,1H3. The van der Waals surface area contributed by atoms with Gasteiger partial charge in [-0.3, -0.25) is 4.98 Å². The van der Waals surface area contributed by atoms with E-state index in [1.54, 1.807) is 0 Å². The number of hydrogen-bond acceptors (Lipinski definition) is 2. The molecule has 1 aliphatic carbocycles. The lowest BCUT2D eigenvalue weighted by Crippen LogP contribution is -2.09. The van der Waals surface area contributed by atoms with Gasteiger partial charge in [-0.2, -0.15) is 0 Å². The van der Waals surface area contributed by atoms with Crippen LogP contribution in [-0.4, -0.2) is 18.6 Å². The molecule has 0 amide bonds. The monoisotopic (exact) mass is 190 g/mol. The fourth-order valence-corrected chi connectivity index (χ4v) is 2.30. The molecule has 1 aromatic heterocycles. The summed E-state index contributed by atoms with van der Waals surface area (Å²) >= 11 is 0. The van der Waals surface area contributed by atoms with Crippen LogP contribution in [0.1, 0.15) is 36.4 Å². The highest BCUT2D eigenvalue weighted by molar-refractivity contribution is 5.28. The maximum absolute atomic E-state index is 4.50. The molecule has 2 nitrogen and oxygen atoms in total. The molecule has 1 atom stereocenters. The third kappa shape index (κ3) is 1.95. The van der Waals surface area contributed by atoms with Crippen molar-refractivity contribution in [2.45, 2.75) is 31.6 Å². The first-order valence-corrected chi connectivity index (χ1v) is 5.50. The number of pyridine rings is 1. The van der Waals surface area contributed by atoms with Crippen LogP contribution in [0.3, 0.4) is 0 Å². The van der Waals surface area contributed by atoms with Gasteiger partial charge in [0.1, 0.15) is 0 Å². The second kappa shape index (κ2) is 4.56. The smallest absolute Gasteiger partial charge is 0.0466 e. The molecule has 0 spiro atoms. The molecule has 0 aromatic carbocycles. The summed E-state index contributed by atoms with van der Waals surface area (Å²) in [5.74, 6) is 0.722. The van der Waals surface area contributed by atoms with E-state index in [1.165, 1.54) is 36.9 Å². The lowest BCUT2D eigenvalue weighted by molar-refractivity contribution is 0.563. The Labute approximate surface area is 85.7 Å².